The van der Waals surface area contributed by atoms with Crippen LogP contribution in [-0.4, -0.2) is 19.1 Å². The summed E-state index contributed by atoms with van der Waals surface area (Å²) in [5.41, 5.74) is 9.15. The average Bonchev–Trinajstić information content (AvgIpc) is 3.64. The van der Waals surface area contributed by atoms with E-state index in [1.807, 2.05) is 24.4 Å². The third-order valence-corrected chi connectivity index (χ3v) is 9.35. The van der Waals surface area contributed by atoms with Gasteiger partial charge in [0.15, 0.2) is 0 Å². The monoisotopic (exact) mass is 586 g/mol. The fourth-order valence-electron chi connectivity index (χ4n) is 7.27. The normalized spacial score (nSPS) is 11.9. The first-order chi connectivity index (χ1) is 22.8. The highest BCUT2D eigenvalue weighted by molar-refractivity contribution is 6.21. The predicted octanol–water partition coefficient (Wildman–Crippen LogP) is 10.6. The molecule has 7 aromatic carbocycles. The summed E-state index contributed by atoms with van der Waals surface area (Å²) in [6.45, 7) is 0. The maximum Gasteiger partial charge on any atom is 0.235 e. The minimum Gasteiger partial charge on any atom is -0.309 e. The van der Waals surface area contributed by atoms with Crippen LogP contribution < -0.4 is 0 Å². The first-order valence-corrected chi connectivity index (χ1v) is 15.6. The van der Waals surface area contributed by atoms with Crippen LogP contribution in [0.15, 0.2) is 158 Å². The van der Waals surface area contributed by atoms with Crippen molar-refractivity contribution in [1.82, 2.24) is 19.1 Å². The van der Waals surface area contributed by atoms with E-state index in [4.69, 9.17) is 9.97 Å². The Morgan fingerprint density at radius 2 is 1.09 bits per heavy atom. The third kappa shape index (κ3) is 3.61. The van der Waals surface area contributed by atoms with E-state index in [1.165, 1.54) is 60.2 Å². The third-order valence-electron chi connectivity index (χ3n) is 9.35. The van der Waals surface area contributed by atoms with Gasteiger partial charge in [-0.2, -0.15) is 0 Å². The molecule has 0 unspecified atom stereocenters. The molecule has 0 saturated heterocycles. The molecule has 0 saturated carbocycles. The highest BCUT2D eigenvalue weighted by atomic mass is 15.2. The molecule has 0 aliphatic heterocycles. The summed E-state index contributed by atoms with van der Waals surface area (Å²) in [7, 11) is 0. The lowest BCUT2D eigenvalue weighted by molar-refractivity contribution is 1.01. The van der Waals surface area contributed by atoms with Crippen molar-refractivity contribution in [2.45, 2.75) is 0 Å². The molecule has 0 aliphatic rings. The summed E-state index contributed by atoms with van der Waals surface area (Å²) < 4.78 is 4.56. The Kier molecular flexibility index (Phi) is 5.25. The van der Waals surface area contributed by atoms with Gasteiger partial charge in [-0.15, -0.1) is 0 Å². The minimum atomic E-state index is 0.684. The van der Waals surface area contributed by atoms with E-state index in [-0.39, 0.29) is 0 Å². The number of rotatable bonds is 3. The van der Waals surface area contributed by atoms with Gasteiger partial charge in [-0.3, -0.25) is 4.57 Å². The van der Waals surface area contributed by atoms with Crippen molar-refractivity contribution in [2.75, 3.05) is 0 Å². The van der Waals surface area contributed by atoms with Crippen LogP contribution in [0.25, 0.3) is 88.0 Å². The van der Waals surface area contributed by atoms with E-state index in [1.54, 1.807) is 0 Å². The summed E-state index contributed by atoms with van der Waals surface area (Å²) in [4.78, 5) is 9.77. The van der Waals surface area contributed by atoms with Gasteiger partial charge in [0.1, 0.15) is 0 Å². The van der Waals surface area contributed by atoms with Crippen LogP contribution >= 0.6 is 0 Å². The quantitative estimate of drug-likeness (QED) is 0.206. The van der Waals surface area contributed by atoms with Crippen molar-refractivity contribution in [3.05, 3.63) is 158 Å². The Labute approximate surface area is 264 Å². The van der Waals surface area contributed by atoms with Gasteiger partial charge in [0.25, 0.3) is 0 Å². The molecule has 3 aromatic heterocycles. The summed E-state index contributed by atoms with van der Waals surface area (Å²) >= 11 is 0. The first-order valence-electron chi connectivity index (χ1n) is 15.6. The molecule has 10 aromatic rings. The SMILES string of the molecule is c1ccc(-n2c3ccccc3c3cc(-c4ccc5c(ccc6c5c5ccccc5n6-c5ncc6ccccc6n5)c4)ccc32)cc1. The van der Waals surface area contributed by atoms with E-state index in [0.29, 0.717) is 5.95 Å². The summed E-state index contributed by atoms with van der Waals surface area (Å²) in [5, 5.41) is 8.40. The zero-order valence-electron chi connectivity index (χ0n) is 24.8. The Morgan fingerprint density at radius 1 is 0.413 bits per heavy atom. The summed E-state index contributed by atoms with van der Waals surface area (Å²) in [6.07, 6.45) is 1.92. The molecule has 0 amide bonds. The number of benzene rings is 7. The standard InChI is InChI=1S/C42H26N4/c1-2-11-31(12-3-1)45-37-16-8-5-13-33(37)35-25-28(19-22-39(35)45)27-18-21-32-29(24-27)20-23-40-41(32)34-14-6-9-17-38(34)46(40)42-43-26-30-10-4-7-15-36(30)44-42/h1-26H. The maximum atomic E-state index is 4.97. The van der Waals surface area contributed by atoms with Crippen molar-refractivity contribution < 1.29 is 0 Å². The molecule has 3 heterocycles. The van der Waals surface area contributed by atoms with Crippen LogP contribution in [0.2, 0.25) is 0 Å². The van der Waals surface area contributed by atoms with Crippen LogP contribution in [-0.2, 0) is 0 Å². The van der Waals surface area contributed by atoms with E-state index < -0.39 is 0 Å². The van der Waals surface area contributed by atoms with Gasteiger partial charge in [0, 0.05) is 38.8 Å². The van der Waals surface area contributed by atoms with E-state index in [0.717, 1.165) is 21.9 Å². The molecule has 10 rings (SSSR count). The van der Waals surface area contributed by atoms with Gasteiger partial charge in [-0.1, -0.05) is 97.1 Å². The topological polar surface area (TPSA) is 35.6 Å². The van der Waals surface area contributed by atoms with E-state index >= 15 is 0 Å². The Morgan fingerprint density at radius 3 is 1.98 bits per heavy atom. The van der Waals surface area contributed by atoms with Gasteiger partial charge in [0.2, 0.25) is 5.95 Å². The van der Waals surface area contributed by atoms with Gasteiger partial charge in [-0.25, -0.2) is 9.97 Å². The Bertz CT molecular complexity index is 2810. The molecular weight excluding hydrogens is 560 g/mol. The number of aromatic nitrogens is 4. The second kappa shape index (κ2) is 9.62. The van der Waals surface area contributed by atoms with Crippen molar-refractivity contribution in [3.63, 3.8) is 0 Å². The lowest BCUT2D eigenvalue weighted by atomic mass is 9.97. The Balaban J connectivity index is 1.16. The fourth-order valence-corrected chi connectivity index (χ4v) is 7.27. The summed E-state index contributed by atoms with van der Waals surface area (Å²) in [6, 6.07) is 54.2. The molecule has 0 fully saturated rings. The zero-order valence-corrected chi connectivity index (χ0v) is 24.8. The van der Waals surface area contributed by atoms with Gasteiger partial charge >= 0.3 is 0 Å². The predicted molar refractivity (Wildman–Crippen MR) is 191 cm³/mol. The summed E-state index contributed by atoms with van der Waals surface area (Å²) in [5.74, 6) is 0.684. The molecule has 0 bridgehead atoms. The molecule has 0 aliphatic carbocycles. The minimum absolute atomic E-state index is 0.684. The molecule has 4 nitrogen and oxygen atoms in total. The van der Waals surface area contributed by atoms with Gasteiger partial charge < -0.3 is 4.57 Å². The molecule has 0 radical (unpaired) electrons. The molecule has 0 N–H and O–H groups in total. The van der Waals surface area contributed by atoms with Crippen molar-refractivity contribution in [2.24, 2.45) is 0 Å². The van der Waals surface area contributed by atoms with Crippen LogP contribution in [0.3, 0.4) is 0 Å². The number of para-hydroxylation sites is 4. The largest absolute Gasteiger partial charge is 0.309 e. The maximum absolute atomic E-state index is 4.97. The van der Waals surface area contributed by atoms with Crippen LogP contribution in [0.1, 0.15) is 0 Å². The smallest absolute Gasteiger partial charge is 0.235 e. The molecule has 46 heavy (non-hydrogen) atoms. The molecule has 0 spiro atoms. The molecular formula is C42H26N4. The van der Waals surface area contributed by atoms with Crippen LogP contribution in [0.4, 0.5) is 0 Å². The Hall–Kier alpha value is -6.26. The average molecular weight is 587 g/mol. The van der Waals surface area contributed by atoms with Crippen LogP contribution in [0.5, 0.6) is 0 Å². The number of nitrogens with zero attached hydrogens (tertiary/aromatic N) is 4. The van der Waals surface area contributed by atoms with E-state index in [9.17, 15) is 0 Å². The van der Waals surface area contributed by atoms with Crippen molar-refractivity contribution in [3.8, 4) is 22.8 Å². The number of hydrogen-bond acceptors (Lipinski definition) is 2. The highest BCUT2D eigenvalue weighted by Gasteiger charge is 2.17. The lowest BCUT2D eigenvalue weighted by Gasteiger charge is -2.09. The van der Waals surface area contributed by atoms with Crippen LogP contribution in [0, 0.1) is 0 Å². The van der Waals surface area contributed by atoms with Crippen molar-refractivity contribution in [1.29, 1.82) is 0 Å². The second-order valence-electron chi connectivity index (χ2n) is 11.9. The van der Waals surface area contributed by atoms with E-state index in [2.05, 4.69) is 143 Å². The zero-order chi connectivity index (χ0) is 30.2. The van der Waals surface area contributed by atoms with Gasteiger partial charge in [0.05, 0.1) is 27.6 Å². The highest BCUT2D eigenvalue weighted by Crippen LogP contribution is 2.39. The molecule has 4 heteroatoms. The first kappa shape index (κ1) is 25.1. The molecule has 214 valence electrons. The lowest BCUT2D eigenvalue weighted by Crippen LogP contribution is -2.00. The number of hydrogen-bond donors (Lipinski definition) is 0. The number of fused-ring (bicyclic) bond motifs is 9. The van der Waals surface area contributed by atoms with Crippen molar-refractivity contribution >= 4 is 65.3 Å². The second-order valence-corrected chi connectivity index (χ2v) is 11.9. The fraction of sp³-hybridized carbons (Fsp3) is 0. The molecule has 0 atom stereocenters. The van der Waals surface area contributed by atoms with Gasteiger partial charge in [-0.05, 0) is 76.5 Å².